The highest BCUT2D eigenvalue weighted by molar-refractivity contribution is 7.90. The molecule has 0 amide bonds. The van der Waals surface area contributed by atoms with Crippen LogP contribution in [0.1, 0.15) is 17.5 Å². The van der Waals surface area contributed by atoms with Crippen LogP contribution in [0.25, 0.3) is 0 Å². The molecular weight excluding hydrogens is 262 g/mol. The first kappa shape index (κ1) is 15.5. The van der Waals surface area contributed by atoms with Crippen molar-refractivity contribution in [3.8, 4) is 0 Å². The van der Waals surface area contributed by atoms with Gasteiger partial charge in [-0.3, -0.25) is 4.99 Å². The van der Waals surface area contributed by atoms with Gasteiger partial charge in [-0.15, -0.1) is 0 Å². The first-order valence-corrected chi connectivity index (χ1v) is 8.16. The predicted octanol–water partition coefficient (Wildman–Crippen LogP) is 1.46. The average Bonchev–Trinajstić information content (AvgIpc) is 2.28. The Kier molecular flexibility index (Phi) is 5.35. The Hall–Kier alpha value is -1.56. The Labute approximate surface area is 114 Å². The van der Waals surface area contributed by atoms with Gasteiger partial charge in [0.1, 0.15) is 9.84 Å². The van der Waals surface area contributed by atoms with Gasteiger partial charge in [-0.05, 0) is 43.5 Å². The zero-order valence-electron chi connectivity index (χ0n) is 11.6. The summed E-state index contributed by atoms with van der Waals surface area (Å²) in [4.78, 5) is 4.09. The molecule has 1 rings (SSSR count). The highest BCUT2D eigenvalue weighted by Gasteiger charge is 2.01. The van der Waals surface area contributed by atoms with Crippen LogP contribution in [0.15, 0.2) is 23.2 Å². The molecule has 3 N–H and O–H groups in total. The number of guanidine groups is 1. The number of anilines is 1. The van der Waals surface area contributed by atoms with Gasteiger partial charge >= 0.3 is 0 Å². The molecule has 0 aliphatic heterocycles. The lowest BCUT2D eigenvalue weighted by atomic mass is 10.1. The molecule has 0 heterocycles. The largest absolute Gasteiger partial charge is 0.370 e. The summed E-state index contributed by atoms with van der Waals surface area (Å²) in [5.41, 5.74) is 9.01. The topological polar surface area (TPSA) is 84.5 Å². The van der Waals surface area contributed by atoms with E-state index in [4.69, 9.17) is 5.73 Å². The van der Waals surface area contributed by atoms with Gasteiger partial charge in [0, 0.05) is 18.5 Å². The van der Waals surface area contributed by atoms with Crippen molar-refractivity contribution in [1.29, 1.82) is 0 Å². The summed E-state index contributed by atoms with van der Waals surface area (Å²) in [5.74, 6) is 0.435. The smallest absolute Gasteiger partial charge is 0.193 e. The minimum Gasteiger partial charge on any atom is -0.370 e. The van der Waals surface area contributed by atoms with E-state index in [1.165, 1.54) is 17.4 Å². The van der Waals surface area contributed by atoms with Crippen molar-refractivity contribution in [1.82, 2.24) is 0 Å². The molecule has 1 aromatic carbocycles. The first-order valence-electron chi connectivity index (χ1n) is 6.10. The summed E-state index contributed by atoms with van der Waals surface area (Å²) in [6.07, 6.45) is 1.70. The van der Waals surface area contributed by atoms with Crippen molar-refractivity contribution in [2.75, 3.05) is 23.9 Å². The fourth-order valence-corrected chi connectivity index (χ4v) is 2.19. The normalized spacial score (nSPS) is 12.5. The molecule has 0 radical (unpaired) electrons. The quantitative estimate of drug-likeness (QED) is 0.487. The number of rotatable bonds is 5. The maximum atomic E-state index is 10.9. The number of hydrogen-bond acceptors (Lipinski definition) is 3. The molecule has 0 unspecified atom stereocenters. The van der Waals surface area contributed by atoms with E-state index >= 15 is 0 Å². The maximum Gasteiger partial charge on any atom is 0.193 e. The monoisotopic (exact) mass is 283 g/mol. The molecule has 0 saturated carbocycles. The van der Waals surface area contributed by atoms with E-state index in [-0.39, 0.29) is 5.75 Å². The number of hydrogen-bond donors (Lipinski definition) is 2. The molecule has 0 aliphatic carbocycles. The van der Waals surface area contributed by atoms with E-state index in [0.717, 1.165) is 5.69 Å². The van der Waals surface area contributed by atoms with Crippen LogP contribution in [0.5, 0.6) is 0 Å². The van der Waals surface area contributed by atoms with Gasteiger partial charge in [0.2, 0.25) is 0 Å². The Morgan fingerprint density at radius 1 is 1.32 bits per heavy atom. The molecule has 6 heteroatoms. The third-order valence-electron chi connectivity index (χ3n) is 2.73. The van der Waals surface area contributed by atoms with Crippen molar-refractivity contribution < 1.29 is 8.42 Å². The number of aryl methyl sites for hydroxylation is 2. The van der Waals surface area contributed by atoms with Crippen molar-refractivity contribution in [3.05, 3.63) is 29.3 Å². The molecule has 0 fully saturated rings. The Balaban J connectivity index is 2.49. The fraction of sp³-hybridized carbons (Fsp3) is 0.462. The van der Waals surface area contributed by atoms with Crippen molar-refractivity contribution in [2.45, 2.75) is 20.3 Å². The van der Waals surface area contributed by atoms with Gasteiger partial charge in [-0.2, -0.15) is 0 Å². The summed E-state index contributed by atoms with van der Waals surface area (Å²) in [6, 6.07) is 5.93. The van der Waals surface area contributed by atoms with E-state index in [2.05, 4.69) is 10.3 Å². The lowest BCUT2D eigenvalue weighted by molar-refractivity contribution is 0.599. The molecule has 19 heavy (non-hydrogen) atoms. The van der Waals surface area contributed by atoms with Gasteiger partial charge in [-0.1, -0.05) is 6.07 Å². The second kappa shape index (κ2) is 6.56. The lowest BCUT2D eigenvalue weighted by Gasteiger charge is -2.08. The molecule has 106 valence electrons. The number of sulfone groups is 1. The highest BCUT2D eigenvalue weighted by atomic mass is 32.2. The van der Waals surface area contributed by atoms with Crippen LogP contribution >= 0.6 is 0 Å². The van der Waals surface area contributed by atoms with Crippen LogP contribution in [-0.4, -0.2) is 32.9 Å². The number of nitrogens with zero attached hydrogens (tertiary/aromatic N) is 1. The van der Waals surface area contributed by atoms with E-state index in [0.29, 0.717) is 18.9 Å². The molecule has 1 aromatic rings. The zero-order chi connectivity index (χ0) is 14.5. The zero-order valence-corrected chi connectivity index (χ0v) is 12.4. The number of aliphatic imine (C=N–C) groups is 1. The highest BCUT2D eigenvalue weighted by Crippen LogP contribution is 2.13. The van der Waals surface area contributed by atoms with E-state index in [1.54, 1.807) is 0 Å². The summed E-state index contributed by atoms with van der Waals surface area (Å²) in [5, 5.41) is 2.99. The fourth-order valence-electron chi connectivity index (χ4n) is 1.53. The molecule has 0 bridgehead atoms. The van der Waals surface area contributed by atoms with E-state index < -0.39 is 9.84 Å². The van der Waals surface area contributed by atoms with Gasteiger partial charge < -0.3 is 11.1 Å². The van der Waals surface area contributed by atoms with Crippen LogP contribution in [0, 0.1) is 13.8 Å². The van der Waals surface area contributed by atoms with E-state index in [1.807, 2.05) is 32.0 Å². The summed E-state index contributed by atoms with van der Waals surface area (Å²) in [6.45, 7) is 4.47. The van der Waals surface area contributed by atoms with Gasteiger partial charge in [0.05, 0.1) is 5.75 Å². The number of nitrogens with two attached hydrogens (primary N) is 1. The standard InChI is InChI=1S/C13H21N3O2S/c1-10-5-6-12(9-11(10)2)16-13(14)15-7-4-8-19(3,17)18/h5-6,9H,4,7-8H2,1-3H3,(H3,14,15,16). The molecule has 0 aliphatic rings. The molecule has 0 atom stereocenters. The Morgan fingerprint density at radius 2 is 2.00 bits per heavy atom. The third-order valence-corrected chi connectivity index (χ3v) is 3.76. The van der Waals surface area contributed by atoms with Crippen LogP contribution in [0.2, 0.25) is 0 Å². The second-order valence-corrected chi connectivity index (χ2v) is 6.93. The van der Waals surface area contributed by atoms with Gasteiger partial charge in [0.25, 0.3) is 0 Å². The first-order chi connectivity index (χ1) is 8.78. The summed E-state index contributed by atoms with van der Waals surface area (Å²) >= 11 is 0. The Bertz CT molecular complexity index is 565. The SMILES string of the molecule is Cc1ccc(NC(N)=NCCCS(C)(=O)=O)cc1C. The minimum atomic E-state index is -2.92. The number of benzene rings is 1. The second-order valence-electron chi connectivity index (χ2n) is 4.67. The summed E-state index contributed by atoms with van der Waals surface area (Å²) < 4.78 is 21.9. The molecule has 0 spiro atoms. The van der Waals surface area contributed by atoms with E-state index in [9.17, 15) is 8.42 Å². The van der Waals surface area contributed by atoms with Crippen LogP contribution in [0.4, 0.5) is 5.69 Å². The van der Waals surface area contributed by atoms with Gasteiger partial charge in [0.15, 0.2) is 5.96 Å². The molecule has 5 nitrogen and oxygen atoms in total. The van der Waals surface area contributed by atoms with Crippen molar-refractivity contribution >= 4 is 21.5 Å². The predicted molar refractivity (Wildman–Crippen MR) is 80.4 cm³/mol. The van der Waals surface area contributed by atoms with Crippen LogP contribution in [-0.2, 0) is 9.84 Å². The lowest BCUT2D eigenvalue weighted by Crippen LogP contribution is -2.23. The average molecular weight is 283 g/mol. The molecule has 0 saturated heterocycles. The van der Waals surface area contributed by atoms with Crippen molar-refractivity contribution in [3.63, 3.8) is 0 Å². The Morgan fingerprint density at radius 3 is 2.58 bits per heavy atom. The number of nitrogens with one attached hydrogen (secondary N) is 1. The molecular formula is C13H21N3O2S. The summed E-state index contributed by atoms with van der Waals surface area (Å²) in [7, 11) is -2.92. The van der Waals surface area contributed by atoms with Crippen molar-refractivity contribution in [2.24, 2.45) is 10.7 Å². The van der Waals surface area contributed by atoms with Gasteiger partial charge in [-0.25, -0.2) is 8.42 Å². The van der Waals surface area contributed by atoms with Crippen LogP contribution in [0.3, 0.4) is 0 Å². The maximum absolute atomic E-state index is 10.9. The minimum absolute atomic E-state index is 0.132. The third kappa shape index (κ3) is 6.24. The molecule has 0 aromatic heterocycles. The van der Waals surface area contributed by atoms with Crippen LogP contribution < -0.4 is 11.1 Å².